The number of nitrogens with one attached hydrogen (secondary N) is 1. The van der Waals surface area contributed by atoms with Crippen molar-refractivity contribution in [3.63, 3.8) is 0 Å². The van der Waals surface area contributed by atoms with Crippen molar-refractivity contribution >= 4 is 25.1 Å². The fourth-order valence-corrected chi connectivity index (χ4v) is 0.533. The molecule has 0 bridgehead atoms. The van der Waals surface area contributed by atoms with E-state index in [0.717, 1.165) is 12.8 Å². The molecule has 3 nitrogen and oxygen atoms in total. The Morgan fingerprint density at radius 2 is 2.50 bits per heavy atom. The molecular formula is C4H8LiNO2. The van der Waals surface area contributed by atoms with Crippen molar-refractivity contribution in [2.75, 3.05) is 13.2 Å². The Labute approximate surface area is 60.0 Å². The number of aldehydes is 1. The van der Waals surface area contributed by atoms with E-state index in [1.165, 1.54) is 0 Å². The fourth-order valence-electron chi connectivity index (χ4n) is 0.533. The molecule has 1 N–H and O–H groups in total. The predicted octanol–water partition coefficient (Wildman–Crippen LogP) is -1.52. The Morgan fingerprint density at radius 1 is 1.75 bits per heavy atom. The van der Waals surface area contributed by atoms with Gasteiger partial charge in [-0.1, -0.05) is 0 Å². The molecule has 1 rings (SSSR count). The third-order valence-electron chi connectivity index (χ3n) is 0.869. The van der Waals surface area contributed by atoms with Crippen LogP contribution < -0.4 is 5.32 Å². The van der Waals surface area contributed by atoms with Crippen LogP contribution in [-0.4, -0.2) is 44.5 Å². The van der Waals surface area contributed by atoms with Gasteiger partial charge in [0.15, 0.2) is 12.5 Å². The van der Waals surface area contributed by atoms with E-state index in [1.807, 2.05) is 0 Å². The SMILES string of the molecule is O=CC1NCCO1.[LiH]. The van der Waals surface area contributed by atoms with Crippen LogP contribution in [-0.2, 0) is 9.53 Å². The quantitative estimate of drug-likeness (QED) is 0.328. The Balaban J connectivity index is 0.000000490. The first-order valence-corrected chi connectivity index (χ1v) is 2.24. The van der Waals surface area contributed by atoms with Crippen molar-refractivity contribution in [1.29, 1.82) is 0 Å². The van der Waals surface area contributed by atoms with Gasteiger partial charge in [0.05, 0.1) is 6.61 Å². The second kappa shape index (κ2) is 4.10. The first-order chi connectivity index (χ1) is 3.43. The van der Waals surface area contributed by atoms with E-state index >= 15 is 0 Å². The third-order valence-corrected chi connectivity index (χ3v) is 0.869. The third kappa shape index (κ3) is 1.97. The minimum absolute atomic E-state index is 0. The van der Waals surface area contributed by atoms with Gasteiger partial charge < -0.3 is 4.74 Å². The van der Waals surface area contributed by atoms with E-state index in [2.05, 4.69) is 5.32 Å². The van der Waals surface area contributed by atoms with Gasteiger partial charge in [0.25, 0.3) is 0 Å². The van der Waals surface area contributed by atoms with Crippen molar-refractivity contribution in [3.8, 4) is 0 Å². The molecule has 0 aromatic rings. The summed E-state index contributed by atoms with van der Waals surface area (Å²) in [6.07, 6.45) is 0.424. The van der Waals surface area contributed by atoms with Crippen LogP contribution in [0.1, 0.15) is 0 Å². The van der Waals surface area contributed by atoms with Crippen LogP contribution in [0.5, 0.6) is 0 Å². The van der Waals surface area contributed by atoms with Crippen molar-refractivity contribution < 1.29 is 9.53 Å². The molecule has 0 aromatic carbocycles. The van der Waals surface area contributed by atoms with Gasteiger partial charge in [0.2, 0.25) is 0 Å². The normalized spacial score (nSPS) is 26.8. The molecule has 1 fully saturated rings. The van der Waals surface area contributed by atoms with E-state index in [4.69, 9.17) is 4.74 Å². The first kappa shape index (κ1) is 8.19. The molecule has 0 saturated carbocycles. The molecule has 1 unspecified atom stereocenters. The molecule has 0 aromatic heterocycles. The summed E-state index contributed by atoms with van der Waals surface area (Å²) in [6.45, 7) is 1.45. The van der Waals surface area contributed by atoms with Crippen molar-refractivity contribution in [1.82, 2.24) is 5.32 Å². The molecule has 1 atom stereocenters. The Bertz CT molecular complexity index is 72.4. The molecule has 8 heavy (non-hydrogen) atoms. The Morgan fingerprint density at radius 3 is 2.75 bits per heavy atom. The summed E-state index contributed by atoms with van der Waals surface area (Å²) in [5, 5.41) is 2.82. The van der Waals surface area contributed by atoms with Crippen molar-refractivity contribution in [2.24, 2.45) is 0 Å². The van der Waals surface area contributed by atoms with Crippen LogP contribution in [0.3, 0.4) is 0 Å². The van der Waals surface area contributed by atoms with Crippen LogP contribution in [0.15, 0.2) is 0 Å². The van der Waals surface area contributed by atoms with E-state index in [1.54, 1.807) is 0 Å². The van der Waals surface area contributed by atoms with Crippen molar-refractivity contribution in [2.45, 2.75) is 6.23 Å². The molecular weight excluding hydrogens is 101 g/mol. The van der Waals surface area contributed by atoms with E-state index in [0.29, 0.717) is 6.61 Å². The van der Waals surface area contributed by atoms with E-state index in [9.17, 15) is 4.79 Å². The fraction of sp³-hybridized carbons (Fsp3) is 0.750. The number of ether oxygens (including phenoxy) is 1. The Kier molecular flexibility index (Phi) is 4.20. The summed E-state index contributed by atoms with van der Waals surface area (Å²) < 4.78 is 4.82. The maximum absolute atomic E-state index is 9.82. The van der Waals surface area contributed by atoms with Crippen LogP contribution in [0.2, 0.25) is 0 Å². The van der Waals surface area contributed by atoms with Gasteiger partial charge >= 0.3 is 18.9 Å². The molecule has 0 radical (unpaired) electrons. The van der Waals surface area contributed by atoms with E-state index in [-0.39, 0.29) is 25.1 Å². The van der Waals surface area contributed by atoms with Gasteiger partial charge in [-0.25, -0.2) is 0 Å². The van der Waals surface area contributed by atoms with Crippen LogP contribution >= 0.6 is 0 Å². The first-order valence-electron chi connectivity index (χ1n) is 2.24. The molecule has 0 amide bonds. The average molecular weight is 109 g/mol. The van der Waals surface area contributed by atoms with Crippen LogP contribution in [0.25, 0.3) is 0 Å². The summed E-state index contributed by atoms with van der Waals surface area (Å²) in [5.41, 5.74) is 0. The van der Waals surface area contributed by atoms with Crippen LogP contribution in [0, 0.1) is 0 Å². The molecule has 42 valence electrons. The summed E-state index contributed by atoms with van der Waals surface area (Å²) in [7, 11) is 0. The molecule has 1 aliphatic rings. The second-order valence-electron chi connectivity index (χ2n) is 1.38. The Hall–Kier alpha value is 0.187. The number of hydrogen-bond acceptors (Lipinski definition) is 3. The average Bonchev–Trinajstić information content (AvgIpc) is 2.14. The summed E-state index contributed by atoms with van der Waals surface area (Å²) in [6, 6.07) is 0. The van der Waals surface area contributed by atoms with Gasteiger partial charge in [0, 0.05) is 6.54 Å². The molecule has 1 saturated heterocycles. The molecule has 1 aliphatic heterocycles. The number of carbonyl (C=O) groups is 1. The minimum atomic E-state index is -0.333. The maximum atomic E-state index is 9.82. The zero-order valence-electron chi connectivity index (χ0n) is 3.89. The number of rotatable bonds is 1. The number of carbonyl (C=O) groups excluding carboxylic acids is 1. The molecule has 0 aliphatic carbocycles. The van der Waals surface area contributed by atoms with Crippen molar-refractivity contribution in [3.05, 3.63) is 0 Å². The van der Waals surface area contributed by atoms with E-state index < -0.39 is 0 Å². The monoisotopic (exact) mass is 109 g/mol. The zero-order chi connectivity index (χ0) is 5.11. The summed E-state index contributed by atoms with van der Waals surface area (Å²) in [4.78, 5) is 9.82. The van der Waals surface area contributed by atoms with Gasteiger partial charge in [-0.2, -0.15) is 0 Å². The van der Waals surface area contributed by atoms with Gasteiger partial charge in [-0.15, -0.1) is 0 Å². The summed E-state index contributed by atoms with van der Waals surface area (Å²) >= 11 is 0. The number of hydrogen-bond donors (Lipinski definition) is 1. The van der Waals surface area contributed by atoms with Gasteiger partial charge in [-0.05, 0) is 0 Å². The molecule has 4 heteroatoms. The summed E-state index contributed by atoms with van der Waals surface area (Å²) in [5.74, 6) is 0. The zero-order valence-corrected chi connectivity index (χ0v) is 3.89. The molecule has 1 heterocycles. The standard InChI is InChI=1S/C4H7NO2.Li.H/c6-3-4-5-1-2-7-4;;/h3-5H,1-2H2;;. The van der Waals surface area contributed by atoms with Gasteiger partial charge in [-0.3, -0.25) is 10.1 Å². The topological polar surface area (TPSA) is 38.3 Å². The van der Waals surface area contributed by atoms with Crippen LogP contribution in [0.4, 0.5) is 0 Å². The second-order valence-corrected chi connectivity index (χ2v) is 1.38. The van der Waals surface area contributed by atoms with Gasteiger partial charge in [0.1, 0.15) is 0 Å². The molecule has 0 spiro atoms. The predicted molar refractivity (Wildman–Crippen MR) is 31.0 cm³/mol.